The molecular weight excluding hydrogens is 576 g/mol. The summed E-state index contributed by atoms with van der Waals surface area (Å²) < 4.78 is 0. The highest BCUT2D eigenvalue weighted by molar-refractivity contribution is 6.05. The van der Waals surface area contributed by atoms with Crippen molar-refractivity contribution in [1.82, 2.24) is 15.2 Å². The first-order valence-corrected chi connectivity index (χ1v) is 16.0. The molecule has 1 unspecified atom stereocenters. The van der Waals surface area contributed by atoms with E-state index in [0.717, 1.165) is 61.5 Å². The Morgan fingerprint density at radius 1 is 1.02 bits per heavy atom. The maximum atomic E-state index is 13.1. The molecule has 3 amide bonds. The van der Waals surface area contributed by atoms with Crippen LogP contribution in [-0.4, -0.2) is 59.8 Å². The van der Waals surface area contributed by atoms with E-state index >= 15 is 0 Å². The van der Waals surface area contributed by atoms with Crippen LogP contribution in [0.4, 0.5) is 17.2 Å². The van der Waals surface area contributed by atoms with Gasteiger partial charge in [0.25, 0.3) is 5.91 Å². The lowest BCUT2D eigenvalue weighted by Gasteiger charge is -2.55. The van der Waals surface area contributed by atoms with Gasteiger partial charge in [0, 0.05) is 55.8 Å². The lowest BCUT2D eigenvalue weighted by atomic mass is 9.71. The average molecular weight is 629 g/mol. The summed E-state index contributed by atoms with van der Waals surface area (Å²) in [4.78, 5) is 47.4. The van der Waals surface area contributed by atoms with Gasteiger partial charge in [-0.3, -0.25) is 19.7 Å². The van der Waals surface area contributed by atoms with Crippen LogP contribution in [0.3, 0.4) is 0 Å². The maximum absolute atomic E-state index is 13.1. The fourth-order valence-electron chi connectivity index (χ4n) is 6.20. The van der Waals surface area contributed by atoms with Gasteiger partial charge >= 0.3 is 0 Å². The second-order valence-corrected chi connectivity index (χ2v) is 12.2. The van der Waals surface area contributed by atoms with Gasteiger partial charge in [0.2, 0.25) is 11.8 Å². The molecule has 248 valence electrons. The number of nitrogens with two attached hydrogens (primary N) is 1. The molecule has 1 aromatic carbocycles. The Morgan fingerprint density at radius 3 is 2.28 bits per heavy atom. The van der Waals surface area contributed by atoms with Crippen LogP contribution in [0.15, 0.2) is 72.5 Å². The molecule has 5 heterocycles. The molecule has 2 aromatic rings. The number of aromatic nitrogens is 1. The van der Waals surface area contributed by atoms with Crippen LogP contribution in [-0.2, 0) is 16.1 Å². The lowest BCUT2D eigenvalue weighted by molar-refractivity contribution is -0.136. The summed E-state index contributed by atoms with van der Waals surface area (Å²) >= 11 is 0. The number of hydrogen-bond donors (Lipinski definition) is 2. The van der Waals surface area contributed by atoms with Crippen LogP contribution in [0.5, 0.6) is 0 Å². The zero-order chi connectivity index (χ0) is 32.7. The number of nitrogens with zero attached hydrogens (tertiary/aromatic N) is 4. The second kappa shape index (κ2) is 15.7. The largest absolute Gasteiger partial charge is 0.384 e. The number of amides is 3. The quantitative estimate of drug-likeness (QED) is 0.296. The topological polar surface area (TPSA) is 112 Å². The minimum Gasteiger partial charge on any atom is -0.384 e. The van der Waals surface area contributed by atoms with Crippen LogP contribution in [0, 0.1) is 5.41 Å². The smallest absolute Gasteiger partial charge is 0.255 e. The highest BCUT2D eigenvalue weighted by atomic mass is 16.2. The third-order valence-electron chi connectivity index (χ3n) is 8.98. The van der Waals surface area contributed by atoms with E-state index in [0.29, 0.717) is 29.8 Å². The van der Waals surface area contributed by atoms with Crippen molar-refractivity contribution in [3.8, 4) is 0 Å². The van der Waals surface area contributed by atoms with E-state index in [1.54, 1.807) is 4.90 Å². The van der Waals surface area contributed by atoms with E-state index in [9.17, 15) is 14.4 Å². The van der Waals surface area contributed by atoms with Crippen LogP contribution in [0.1, 0.15) is 83.7 Å². The number of rotatable bonds is 5. The molecule has 4 aliphatic heterocycles. The number of nitrogens with one attached hydrogen (secondary N) is 1. The molecule has 9 nitrogen and oxygen atoms in total. The van der Waals surface area contributed by atoms with Crippen molar-refractivity contribution in [2.45, 2.75) is 80.3 Å². The van der Waals surface area contributed by atoms with Gasteiger partial charge in [0.15, 0.2) is 0 Å². The third-order valence-corrected chi connectivity index (χ3v) is 8.98. The summed E-state index contributed by atoms with van der Waals surface area (Å²) in [6, 6.07) is 9.38. The summed E-state index contributed by atoms with van der Waals surface area (Å²) in [6.45, 7) is 18.2. The van der Waals surface area contributed by atoms with Crippen LogP contribution in [0.25, 0.3) is 0 Å². The number of carbonyl (C=O) groups excluding carboxylic acids is 3. The standard InChI is InChI=1S/C25H28N6O3.C9H14.C2H6.CH4/c26-21-5-3-18(12-27-21)30-14-25(15-30)7-9-29(10-8-25)17-2-1-16-13-31(24(34)19(16)11-17)20-4-6-22(32)28-23(20)33;1-5-9(4)7-6-8(2)3;1-2;/h1-3,5,11-12,20H,4,6-10,13-15H2,(H2,26,27)(H,28,32,33);5-7H,2H2,1,3-4H3;1-2H3;1H4/b;7-6-,9-5-;;. The number of imide groups is 1. The van der Waals surface area contributed by atoms with Gasteiger partial charge in [-0.15, -0.1) is 0 Å². The predicted molar refractivity (Wildman–Crippen MR) is 189 cm³/mol. The number of piperidine rings is 2. The molecule has 3 N–H and O–H groups in total. The van der Waals surface area contributed by atoms with Gasteiger partial charge in [-0.2, -0.15) is 0 Å². The molecule has 1 atom stereocenters. The molecule has 46 heavy (non-hydrogen) atoms. The summed E-state index contributed by atoms with van der Waals surface area (Å²) in [5.41, 5.74) is 12.2. The highest BCUT2D eigenvalue weighted by Gasteiger charge is 2.45. The molecule has 1 aromatic heterocycles. The van der Waals surface area contributed by atoms with Gasteiger partial charge < -0.3 is 20.4 Å². The number of nitrogen functional groups attached to an aromatic ring is 1. The fourth-order valence-corrected chi connectivity index (χ4v) is 6.20. The molecule has 3 fully saturated rings. The Kier molecular flexibility index (Phi) is 12.3. The lowest BCUT2D eigenvalue weighted by Crippen LogP contribution is -2.60. The first kappa shape index (κ1) is 36.1. The molecule has 0 saturated carbocycles. The Balaban J connectivity index is 0.000000419. The minimum atomic E-state index is -0.575. The molecule has 1 spiro atoms. The highest BCUT2D eigenvalue weighted by Crippen LogP contribution is 2.43. The number of hydrogen-bond acceptors (Lipinski definition) is 7. The number of pyridine rings is 1. The number of carbonyl (C=O) groups is 3. The van der Waals surface area contributed by atoms with Gasteiger partial charge in [-0.05, 0) is 69.9 Å². The monoisotopic (exact) mass is 628 g/mol. The van der Waals surface area contributed by atoms with E-state index in [1.165, 1.54) is 5.57 Å². The molecule has 4 aliphatic rings. The predicted octanol–water partition coefficient (Wildman–Crippen LogP) is 6.28. The van der Waals surface area contributed by atoms with Crippen molar-refractivity contribution >= 4 is 34.9 Å². The molecule has 0 bridgehead atoms. The maximum Gasteiger partial charge on any atom is 0.255 e. The molecular formula is C37H52N6O3. The van der Waals surface area contributed by atoms with E-state index in [-0.39, 0.29) is 31.6 Å². The Labute approximate surface area is 275 Å². The van der Waals surface area contributed by atoms with E-state index in [1.807, 2.05) is 64.2 Å². The van der Waals surface area contributed by atoms with Crippen molar-refractivity contribution in [3.63, 3.8) is 0 Å². The number of anilines is 3. The fraction of sp³-hybridized carbons (Fsp3) is 0.459. The van der Waals surface area contributed by atoms with Gasteiger partial charge in [0.05, 0.1) is 11.9 Å². The van der Waals surface area contributed by atoms with Gasteiger partial charge in [-0.25, -0.2) is 4.98 Å². The molecule has 9 heteroatoms. The third kappa shape index (κ3) is 8.24. The van der Waals surface area contributed by atoms with Crippen LogP contribution >= 0.6 is 0 Å². The minimum absolute atomic E-state index is 0. The van der Waals surface area contributed by atoms with Gasteiger partial charge in [0.1, 0.15) is 11.9 Å². The number of fused-ring (bicyclic) bond motifs is 1. The SMILES string of the molecule is C.C=C(C)/C=C\C(C)=C/C.CC.Nc1ccc(N2CC3(CCN(c4ccc5c(c4)C(=O)N(C4CCC(=O)NC4=O)C5)CC3)C2)cn1. The summed E-state index contributed by atoms with van der Waals surface area (Å²) in [5, 5.41) is 2.36. The van der Waals surface area contributed by atoms with E-state index in [2.05, 4.69) is 51.8 Å². The first-order chi connectivity index (χ1) is 21.6. The van der Waals surface area contributed by atoms with Crippen LogP contribution in [0.2, 0.25) is 0 Å². The molecule has 6 rings (SSSR count). The number of benzene rings is 1. The van der Waals surface area contributed by atoms with E-state index in [4.69, 9.17) is 5.73 Å². The Morgan fingerprint density at radius 2 is 1.70 bits per heavy atom. The summed E-state index contributed by atoms with van der Waals surface area (Å²) in [7, 11) is 0. The molecule has 3 saturated heterocycles. The molecule has 0 aliphatic carbocycles. The van der Waals surface area contributed by atoms with Crippen LogP contribution < -0.4 is 20.9 Å². The van der Waals surface area contributed by atoms with E-state index < -0.39 is 6.04 Å². The zero-order valence-corrected chi connectivity index (χ0v) is 27.4. The van der Waals surface area contributed by atoms with Crippen molar-refractivity contribution in [1.29, 1.82) is 0 Å². The normalized spacial score (nSPS) is 20.1. The van der Waals surface area contributed by atoms with Gasteiger partial charge in [-0.1, -0.05) is 63.3 Å². The number of allylic oxidation sites excluding steroid dienone is 5. The van der Waals surface area contributed by atoms with Crippen molar-refractivity contribution in [3.05, 3.63) is 83.6 Å². The second-order valence-electron chi connectivity index (χ2n) is 12.2. The zero-order valence-electron chi connectivity index (χ0n) is 27.4. The summed E-state index contributed by atoms with van der Waals surface area (Å²) in [5.74, 6) is -0.217. The summed E-state index contributed by atoms with van der Waals surface area (Å²) in [6.07, 6.45) is 10.9. The van der Waals surface area contributed by atoms with Crippen molar-refractivity contribution < 1.29 is 14.4 Å². The Hall–Kier alpha value is -4.40. The first-order valence-electron chi connectivity index (χ1n) is 16.0. The van der Waals surface area contributed by atoms with Crippen molar-refractivity contribution in [2.75, 3.05) is 41.7 Å². The molecule has 0 radical (unpaired) electrons. The Bertz CT molecular complexity index is 1460. The average Bonchev–Trinajstić information content (AvgIpc) is 3.35. The van der Waals surface area contributed by atoms with Crippen molar-refractivity contribution in [2.24, 2.45) is 5.41 Å².